The molecule has 5 nitrogen and oxygen atoms in total. The van der Waals surface area contributed by atoms with Gasteiger partial charge in [-0.05, 0) is 49.7 Å². The molecule has 0 atom stereocenters. The lowest BCUT2D eigenvalue weighted by Gasteiger charge is -2.31. The van der Waals surface area contributed by atoms with Gasteiger partial charge >= 0.3 is 0 Å². The number of hydrogen-bond acceptors (Lipinski definition) is 4. The first kappa shape index (κ1) is 20.5. The van der Waals surface area contributed by atoms with Gasteiger partial charge in [0.2, 0.25) is 5.88 Å². The summed E-state index contributed by atoms with van der Waals surface area (Å²) in [5, 5.41) is 0. The summed E-state index contributed by atoms with van der Waals surface area (Å²) in [7, 11) is 2.11. The highest BCUT2D eigenvalue weighted by Crippen LogP contribution is 2.31. The summed E-state index contributed by atoms with van der Waals surface area (Å²) in [6.07, 6.45) is 6.11. The SMILES string of the molecule is Cn1c(-c2ccc(Oc3ccccc3)nc2)cnc1C1CCN(Cc2ccccc2)CC1. The summed E-state index contributed by atoms with van der Waals surface area (Å²) in [6.45, 7) is 3.24. The maximum absolute atomic E-state index is 5.81. The van der Waals surface area contributed by atoms with Crippen LogP contribution in [0.2, 0.25) is 0 Å². The molecule has 0 N–H and O–H groups in total. The predicted molar refractivity (Wildman–Crippen MR) is 127 cm³/mol. The van der Waals surface area contributed by atoms with Crippen LogP contribution in [-0.2, 0) is 13.6 Å². The summed E-state index contributed by atoms with van der Waals surface area (Å²) in [6, 6.07) is 24.4. The molecule has 162 valence electrons. The molecular formula is C27H28N4O. The molecule has 0 radical (unpaired) electrons. The second-order valence-electron chi connectivity index (χ2n) is 8.40. The zero-order chi connectivity index (χ0) is 21.8. The third-order valence-corrected chi connectivity index (χ3v) is 6.22. The Morgan fingerprint density at radius 3 is 2.25 bits per heavy atom. The van der Waals surface area contributed by atoms with E-state index in [0.29, 0.717) is 11.8 Å². The van der Waals surface area contributed by atoms with Crippen LogP contribution in [0.1, 0.15) is 30.1 Å². The van der Waals surface area contributed by atoms with Gasteiger partial charge < -0.3 is 9.30 Å². The minimum atomic E-state index is 0.495. The lowest BCUT2D eigenvalue weighted by Crippen LogP contribution is -2.33. The number of aromatic nitrogens is 3. The zero-order valence-electron chi connectivity index (χ0n) is 18.4. The van der Waals surface area contributed by atoms with Gasteiger partial charge in [0.1, 0.15) is 11.6 Å². The van der Waals surface area contributed by atoms with E-state index in [9.17, 15) is 0 Å². The molecule has 0 unspecified atom stereocenters. The fourth-order valence-corrected chi connectivity index (χ4v) is 4.46. The fraction of sp³-hybridized carbons (Fsp3) is 0.259. The first-order valence-electron chi connectivity index (χ1n) is 11.2. The van der Waals surface area contributed by atoms with Crippen LogP contribution in [0.5, 0.6) is 11.6 Å². The van der Waals surface area contributed by atoms with Gasteiger partial charge in [0.15, 0.2) is 0 Å². The monoisotopic (exact) mass is 424 g/mol. The Bertz CT molecular complexity index is 1130. The third-order valence-electron chi connectivity index (χ3n) is 6.22. The molecule has 0 amide bonds. The van der Waals surface area contributed by atoms with E-state index in [1.165, 1.54) is 11.4 Å². The van der Waals surface area contributed by atoms with E-state index >= 15 is 0 Å². The van der Waals surface area contributed by atoms with Crippen molar-refractivity contribution >= 4 is 0 Å². The standard InChI is InChI=1S/C27H28N4O/c1-30-25(23-12-13-26(28-18-23)32-24-10-6-3-7-11-24)19-29-27(30)22-14-16-31(17-15-22)20-21-8-4-2-5-9-21/h2-13,18-19,22H,14-17,20H2,1H3. The molecule has 1 aliphatic rings. The lowest BCUT2D eigenvalue weighted by molar-refractivity contribution is 0.200. The van der Waals surface area contributed by atoms with E-state index in [4.69, 9.17) is 9.72 Å². The molecule has 5 heteroatoms. The number of ether oxygens (including phenoxy) is 1. The fourth-order valence-electron chi connectivity index (χ4n) is 4.46. The van der Waals surface area contributed by atoms with Gasteiger partial charge in [0, 0.05) is 37.3 Å². The van der Waals surface area contributed by atoms with Gasteiger partial charge in [0.25, 0.3) is 0 Å². The molecule has 0 spiro atoms. The van der Waals surface area contributed by atoms with Crippen molar-refractivity contribution in [1.82, 2.24) is 19.4 Å². The molecule has 0 saturated carbocycles. The maximum Gasteiger partial charge on any atom is 0.219 e. The van der Waals surface area contributed by atoms with E-state index in [0.717, 1.165) is 49.5 Å². The number of pyridine rings is 1. The Labute approximate surface area is 189 Å². The van der Waals surface area contributed by atoms with Gasteiger partial charge in [-0.15, -0.1) is 0 Å². The Balaban J connectivity index is 1.23. The first-order chi connectivity index (χ1) is 15.8. The zero-order valence-corrected chi connectivity index (χ0v) is 18.4. The first-order valence-corrected chi connectivity index (χ1v) is 11.2. The van der Waals surface area contributed by atoms with Gasteiger partial charge in [-0.3, -0.25) is 4.90 Å². The number of rotatable bonds is 6. The van der Waals surface area contributed by atoms with Crippen LogP contribution in [0.25, 0.3) is 11.3 Å². The van der Waals surface area contributed by atoms with Crippen molar-refractivity contribution in [3.8, 4) is 22.9 Å². The summed E-state index contributed by atoms with van der Waals surface area (Å²) >= 11 is 0. The van der Waals surface area contributed by atoms with E-state index in [-0.39, 0.29) is 0 Å². The highest BCUT2D eigenvalue weighted by Gasteiger charge is 2.24. The third kappa shape index (κ3) is 4.58. The quantitative estimate of drug-likeness (QED) is 0.401. The Kier molecular flexibility index (Phi) is 5.99. The number of imidazole rings is 1. The average Bonchev–Trinajstić information content (AvgIpc) is 3.23. The summed E-state index contributed by atoms with van der Waals surface area (Å²) < 4.78 is 8.04. The lowest BCUT2D eigenvalue weighted by atomic mass is 9.95. The second kappa shape index (κ2) is 9.37. The van der Waals surface area contributed by atoms with Crippen molar-refractivity contribution in [2.24, 2.45) is 7.05 Å². The van der Waals surface area contributed by atoms with Gasteiger partial charge in [-0.1, -0.05) is 48.5 Å². The second-order valence-corrected chi connectivity index (χ2v) is 8.40. The van der Waals surface area contributed by atoms with E-state index in [1.807, 2.05) is 48.8 Å². The molecular weight excluding hydrogens is 396 g/mol. The van der Waals surface area contributed by atoms with Crippen molar-refractivity contribution in [1.29, 1.82) is 0 Å². The van der Waals surface area contributed by atoms with Crippen molar-refractivity contribution in [2.45, 2.75) is 25.3 Å². The van der Waals surface area contributed by atoms with Crippen LogP contribution in [0.3, 0.4) is 0 Å². The van der Waals surface area contributed by atoms with Crippen LogP contribution in [-0.4, -0.2) is 32.5 Å². The topological polar surface area (TPSA) is 43.2 Å². The van der Waals surface area contributed by atoms with Crippen LogP contribution in [0, 0.1) is 0 Å². The number of para-hydroxylation sites is 1. The number of likely N-dealkylation sites (tertiary alicyclic amines) is 1. The molecule has 2 aromatic heterocycles. The van der Waals surface area contributed by atoms with E-state index < -0.39 is 0 Å². The minimum Gasteiger partial charge on any atom is -0.439 e. The molecule has 1 aliphatic heterocycles. The van der Waals surface area contributed by atoms with Crippen LogP contribution in [0.4, 0.5) is 0 Å². The molecule has 1 saturated heterocycles. The largest absolute Gasteiger partial charge is 0.439 e. The Morgan fingerprint density at radius 2 is 1.56 bits per heavy atom. The summed E-state index contributed by atoms with van der Waals surface area (Å²) in [5.41, 5.74) is 3.52. The molecule has 0 aliphatic carbocycles. The molecule has 5 rings (SSSR count). The van der Waals surface area contributed by atoms with Gasteiger partial charge in [0.05, 0.1) is 11.9 Å². The van der Waals surface area contributed by atoms with Crippen LogP contribution < -0.4 is 4.74 Å². The van der Waals surface area contributed by atoms with Crippen molar-refractivity contribution < 1.29 is 4.74 Å². The van der Waals surface area contributed by atoms with Crippen LogP contribution >= 0.6 is 0 Å². The number of hydrogen-bond donors (Lipinski definition) is 0. The molecule has 32 heavy (non-hydrogen) atoms. The number of nitrogens with zero attached hydrogens (tertiary/aromatic N) is 4. The minimum absolute atomic E-state index is 0.495. The predicted octanol–water partition coefficient (Wildman–Crippen LogP) is 5.65. The van der Waals surface area contributed by atoms with Crippen molar-refractivity contribution in [3.05, 3.63) is 96.6 Å². The molecule has 4 aromatic rings. The molecule has 1 fully saturated rings. The highest BCUT2D eigenvalue weighted by atomic mass is 16.5. The van der Waals surface area contributed by atoms with Gasteiger partial charge in [-0.25, -0.2) is 9.97 Å². The molecule has 0 bridgehead atoms. The normalized spacial score (nSPS) is 15.0. The number of piperidine rings is 1. The Hall–Kier alpha value is -3.44. The summed E-state index contributed by atoms with van der Waals surface area (Å²) in [5.74, 6) is 3.04. The maximum atomic E-state index is 5.81. The van der Waals surface area contributed by atoms with E-state index in [2.05, 4.69) is 57.9 Å². The van der Waals surface area contributed by atoms with Crippen molar-refractivity contribution in [2.75, 3.05) is 13.1 Å². The van der Waals surface area contributed by atoms with Gasteiger partial charge in [-0.2, -0.15) is 0 Å². The molecule has 2 aromatic carbocycles. The highest BCUT2D eigenvalue weighted by molar-refractivity contribution is 5.58. The smallest absolute Gasteiger partial charge is 0.219 e. The Morgan fingerprint density at radius 1 is 0.844 bits per heavy atom. The van der Waals surface area contributed by atoms with Crippen LogP contribution in [0.15, 0.2) is 85.2 Å². The molecule has 3 heterocycles. The average molecular weight is 425 g/mol. The van der Waals surface area contributed by atoms with E-state index in [1.54, 1.807) is 0 Å². The summed E-state index contributed by atoms with van der Waals surface area (Å²) in [4.78, 5) is 11.8. The number of benzene rings is 2. The van der Waals surface area contributed by atoms with Crippen molar-refractivity contribution in [3.63, 3.8) is 0 Å².